The molecule has 0 aliphatic heterocycles. The number of ether oxygens (including phenoxy) is 1. The van der Waals surface area contributed by atoms with Crippen LogP contribution in [0.15, 0.2) is 0 Å². The number of hydrogen-bond acceptors (Lipinski definition) is 2. The lowest BCUT2D eigenvalue weighted by molar-refractivity contribution is -0.128. The monoisotopic (exact) mass is 174 g/mol. The molecule has 0 spiro atoms. The lowest BCUT2D eigenvalue weighted by atomic mass is 10.1. The van der Waals surface area contributed by atoms with Gasteiger partial charge >= 0.3 is 0 Å². The van der Waals surface area contributed by atoms with Gasteiger partial charge in [-0.1, -0.05) is 0 Å². The summed E-state index contributed by atoms with van der Waals surface area (Å²) in [4.78, 5) is 10.6. The van der Waals surface area contributed by atoms with Gasteiger partial charge < -0.3 is 10.5 Å². The second kappa shape index (κ2) is 4.42. The molecule has 4 heteroatoms. The minimum Gasteiger partial charge on any atom is -0.375 e. The van der Waals surface area contributed by atoms with Gasteiger partial charge in [-0.15, -0.1) is 0 Å². The van der Waals surface area contributed by atoms with Crippen LogP contribution in [-0.4, -0.2) is 24.7 Å². The van der Waals surface area contributed by atoms with Crippen LogP contribution in [0.5, 0.6) is 0 Å². The van der Waals surface area contributed by atoms with E-state index in [-0.39, 0.29) is 12.2 Å². The van der Waals surface area contributed by atoms with E-state index in [2.05, 4.69) is 0 Å². The van der Waals surface area contributed by atoms with Gasteiger partial charge in [-0.2, -0.15) is 0 Å². The zero-order valence-electron chi connectivity index (χ0n) is 7.79. The fourth-order valence-electron chi connectivity index (χ4n) is 0.563. The molecule has 0 saturated carbocycles. The van der Waals surface area contributed by atoms with Crippen LogP contribution in [-0.2, 0) is 14.6 Å². The molecule has 0 saturated heterocycles. The second-order valence-corrected chi connectivity index (χ2v) is 3.69. The fourth-order valence-corrected chi connectivity index (χ4v) is 0.563. The normalized spacial score (nSPS) is 14.3. The first-order valence-electron chi connectivity index (χ1n) is 3.88. The smallest absolute Gasteiger partial charge is 0.225 e. The lowest BCUT2D eigenvalue weighted by Gasteiger charge is -2.21. The molecule has 0 aromatic rings. The van der Waals surface area contributed by atoms with Gasteiger partial charge in [0.15, 0.2) is 0 Å². The van der Waals surface area contributed by atoms with E-state index in [4.69, 9.17) is 10.5 Å². The second-order valence-electron chi connectivity index (χ2n) is 3.69. The summed E-state index contributed by atoms with van der Waals surface area (Å²) in [5.74, 6) is -1.29. The largest absolute Gasteiger partial charge is 0.375 e. The average Bonchev–Trinajstić information content (AvgIpc) is 1.85. The van der Waals surface area contributed by atoms with Crippen molar-refractivity contribution in [2.24, 2.45) is 11.7 Å². The highest BCUT2D eigenvalue weighted by Crippen LogP contribution is 2.09. The summed E-state index contributed by atoms with van der Waals surface area (Å²) in [5.41, 5.74) is 4.63. The zero-order valence-corrected chi connectivity index (χ0v) is 7.79. The minimum atomic E-state index is -0.704. The minimum absolute atomic E-state index is 0.113. The maximum atomic E-state index is 10.6. The van der Waals surface area contributed by atoms with Crippen LogP contribution in [0.1, 0.15) is 20.8 Å². The van der Waals surface area contributed by atoms with Crippen molar-refractivity contribution in [2.75, 3.05) is 13.2 Å². The standard InChI is InChI=1S/C8H16NO3/c1-8(2,3)12-5-6(4-10)7(9)11/h6H,4-5H2,1-3H3,(H2,9,11). The van der Waals surface area contributed by atoms with Gasteiger partial charge in [-0.25, -0.2) is 5.11 Å². The van der Waals surface area contributed by atoms with E-state index in [0.29, 0.717) is 0 Å². The van der Waals surface area contributed by atoms with Crippen LogP contribution < -0.4 is 5.73 Å². The summed E-state index contributed by atoms with van der Waals surface area (Å²) < 4.78 is 5.24. The Bertz CT molecular complexity index is 151. The van der Waals surface area contributed by atoms with Crippen molar-refractivity contribution in [3.63, 3.8) is 0 Å². The predicted molar refractivity (Wildman–Crippen MR) is 43.9 cm³/mol. The molecule has 1 unspecified atom stereocenters. The maximum absolute atomic E-state index is 10.6. The summed E-state index contributed by atoms with van der Waals surface area (Å²) in [7, 11) is 0. The van der Waals surface area contributed by atoms with Crippen molar-refractivity contribution in [3.8, 4) is 0 Å². The van der Waals surface area contributed by atoms with Crippen molar-refractivity contribution in [1.29, 1.82) is 0 Å². The molecule has 0 aliphatic rings. The molecule has 2 N–H and O–H groups in total. The SMILES string of the molecule is CC(C)(C)OCC(C[O])C(N)=O. The highest BCUT2D eigenvalue weighted by atomic mass is 16.5. The highest BCUT2D eigenvalue weighted by Gasteiger charge is 2.19. The van der Waals surface area contributed by atoms with E-state index < -0.39 is 18.4 Å². The van der Waals surface area contributed by atoms with E-state index in [1.54, 1.807) is 0 Å². The van der Waals surface area contributed by atoms with Gasteiger partial charge in [-0.05, 0) is 20.8 Å². The van der Waals surface area contributed by atoms with Crippen LogP contribution in [0, 0.1) is 5.92 Å². The first kappa shape index (κ1) is 11.4. The van der Waals surface area contributed by atoms with Crippen molar-refractivity contribution in [1.82, 2.24) is 0 Å². The summed E-state index contributed by atoms with van der Waals surface area (Å²) in [5, 5.41) is 10.4. The van der Waals surface area contributed by atoms with Gasteiger partial charge in [0, 0.05) is 0 Å². The number of carbonyl (C=O) groups is 1. The van der Waals surface area contributed by atoms with E-state index >= 15 is 0 Å². The predicted octanol–water partition coefficient (Wildman–Crippen LogP) is 0.334. The van der Waals surface area contributed by atoms with Crippen LogP contribution in [0.2, 0.25) is 0 Å². The van der Waals surface area contributed by atoms with Crippen molar-refractivity contribution in [2.45, 2.75) is 26.4 Å². The number of carbonyl (C=O) groups excluding carboxylic acids is 1. The summed E-state index contributed by atoms with van der Waals surface area (Å²) in [6.07, 6.45) is 0. The fraction of sp³-hybridized carbons (Fsp3) is 0.875. The molecular formula is C8H16NO3. The molecule has 1 atom stereocenters. The van der Waals surface area contributed by atoms with Gasteiger partial charge in [-0.3, -0.25) is 4.79 Å². The van der Waals surface area contributed by atoms with E-state index in [0.717, 1.165) is 0 Å². The molecule has 1 amide bonds. The Morgan fingerprint density at radius 1 is 1.50 bits per heavy atom. The summed E-state index contributed by atoms with van der Waals surface area (Å²) in [6.45, 7) is 5.18. The van der Waals surface area contributed by atoms with E-state index in [1.165, 1.54) is 0 Å². The van der Waals surface area contributed by atoms with Crippen LogP contribution in [0.25, 0.3) is 0 Å². The number of nitrogens with two attached hydrogens (primary N) is 1. The van der Waals surface area contributed by atoms with E-state index in [1.807, 2.05) is 20.8 Å². The number of rotatable bonds is 4. The Balaban J connectivity index is 3.81. The number of amides is 1. The third-order valence-corrected chi connectivity index (χ3v) is 1.32. The molecule has 71 valence electrons. The molecule has 4 nitrogen and oxygen atoms in total. The van der Waals surface area contributed by atoms with Gasteiger partial charge in [0.25, 0.3) is 0 Å². The van der Waals surface area contributed by atoms with Crippen molar-refractivity contribution < 1.29 is 14.6 Å². The maximum Gasteiger partial charge on any atom is 0.225 e. The Labute approximate surface area is 72.7 Å². The Morgan fingerprint density at radius 2 is 2.00 bits per heavy atom. The molecule has 12 heavy (non-hydrogen) atoms. The molecule has 0 aromatic carbocycles. The average molecular weight is 174 g/mol. The first-order valence-corrected chi connectivity index (χ1v) is 3.88. The molecule has 0 heterocycles. The number of primary amides is 1. The number of hydrogen-bond donors (Lipinski definition) is 1. The molecule has 0 aromatic heterocycles. The van der Waals surface area contributed by atoms with Gasteiger partial charge in [0.1, 0.15) is 0 Å². The van der Waals surface area contributed by atoms with Gasteiger partial charge in [0.2, 0.25) is 5.91 Å². The Hall–Kier alpha value is -0.610. The quantitative estimate of drug-likeness (QED) is 0.667. The van der Waals surface area contributed by atoms with Crippen LogP contribution >= 0.6 is 0 Å². The summed E-state index contributed by atoms with van der Waals surface area (Å²) in [6, 6.07) is 0. The van der Waals surface area contributed by atoms with Crippen LogP contribution in [0.4, 0.5) is 0 Å². The molecule has 1 radical (unpaired) electrons. The molecular weight excluding hydrogens is 158 g/mol. The molecule has 0 fully saturated rings. The first-order chi connectivity index (χ1) is 5.37. The summed E-state index contributed by atoms with van der Waals surface area (Å²) >= 11 is 0. The molecule has 0 rings (SSSR count). The van der Waals surface area contributed by atoms with E-state index in [9.17, 15) is 9.90 Å². The third-order valence-electron chi connectivity index (χ3n) is 1.32. The topological polar surface area (TPSA) is 72.2 Å². The lowest BCUT2D eigenvalue weighted by Crippen LogP contribution is -2.33. The van der Waals surface area contributed by atoms with Crippen molar-refractivity contribution in [3.05, 3.63) is 0 Å². The zero-order chi connectivity index (χ0) is 9.78. The Morgan fingerprint density at radius 3 is 2.25 bits per heavy atom. The van der Waals surface area contributed by atoms with Gasteiger partial charge in [0.05, 0.1) is 24.7 Å². The van der Waals surface area contributed by atoms with Crippen molar-refractivity contribution >= 4 is 5.91 Å². The molecule has 0 bridgehead atoms. The Kier molecular flexibility index (Phi) is 4.20. The molecule has 0 aliphatic carbocycles. The van der Waals surface area contributed by atoms with Crippen LogP contribution in [0.3, 0.4) is 0 Å². The third kappa shape index (κ3) is 5.09. The highest BCUT2D eigenvalue weighted by molar-refractivity contribution is 5.76.